The van der Waals surface area contributed by atoms with Gasteiger partial charge in [0.1, 0.15) is 17.2 Å². The summed E-state index contributed by atoms with van der Waals surface area (Å²) in [7, 11) is 0. The molecule has 0 radical (unpaired) electrons. The number of anilines is 1. The second-order valence-corrected chi connectivity index (χ2v) is 5.59. The third-order valence-electron chi connectivity index (χ3n) is 2.09. The number of carbonyl (C=O) groups is 2. The summed E-state index contributed by atoms with van der Waals surface area (Å²) in [5.41, 5.74) is -1.14. The number of hydrogen-bond donors (Lipinski definition) is 2. The monoisotopic (exact) mass is 289 g/mol. The first-order valence-electron chi connectivity index (χ1n) is 5.45. The maximum atomic E-state index is 13.3. The van der Waals surface area contributed by atoms with Gasteiger partial charge in [-0.05, 0) is 17.4 Å². The van der Waals surface area contributed by atoms with Crippen LogP contribution < -0.4 is 5.32 Å². The summed E-state index contributed by atoms with van der Waals surface area (Å²) in [6.45, 7) is 3.83. The van der Waals surface area contributed by atoms with Crippen LogP contribution in [0.15, 0.2) is 12.1 Å². The number of rotatable bonds is 5. The van der Waals surface area contributed by atoms with Gasteiger partial charge in [-0.15, -0.1) is 11.8 Å². The quantitative estimate of drug-likeness (QED) is 0.874. The summed E-state index contributed by atoms with van der Waals surface area (Å²) in [6.07, 6.45) is 0. The second kappa shape index (κ2) is 6.51. The predicted octanol–water partition coefficient (Wildman–Crippen LogP) is 2.74. The number of aromatic carboxylic acids is 1. The lowest BCUT2D eigenvalue weighted by Crippen LogP contribution is -2.16. The smallest absolute Gasteiger partial charge is 0.341 e. The number of carbonyl (C=O) groups excluding carboxylic acids is 1. The predicted molar refractivity (Wildman–Crippen MR) is 69.5 cm³/mol. The molecule has 1 aromatic rings. The number of carboxylic acid groups (broad SMARTS) is 1. The van der Waals surface area contributed by atoms with Crippen LogP contribution in [0.1, 0.15) is 24.2 Å². The van der Waals surface area contributed by atoms with Gasteiger partial charge < -0.3 is 10.4 Å². The molecular weight excluding hydrogens is 276 g/mol. The van der Waals surface area contributed by atoms with E-state index in [0.717, 1.165) is 12.1 Å². The Hall–Kier alpha value is -1.63. The molecule has 4 nitrogen and oxygen atoms in total. The van der Waals surface area contributed by atoms with E-state index in [1.807, 2.05) is 13.8 Å². The van der Waals surface area contributed by atoms with Gasteiger partial charge in [-0.25, -0.2) is 13.6 Å². The molecule has 1 rings (SSSR count). The van der Waals surface area contributed by atoms with Crippen molar-refractivity contribution in [3.05, 3.63) is 29.3 Å². The van der Waals surface area contributed by atoms with Crippen LogP contribution in [0, 0.1) is 11.6 Å². The van der Waals surface area contributed by atoms with Crippen LogP contribution in [0.25, 0.3) is 0 Å². The zero-order chi connectivity index (χ0) is 14.6. The lowest BCUT2D eigenvalue weighted by atomic mass is 10.2. The highest BCUT2D eigenvalue weighted by Crippen LogP contribution is 2.19. The maximum absolute atomic E-state index is 13.3. The van der Waals surface area contributed by atoms with Crippen molar-refractivity contribution in [2.75, 3.05) is 11.1 Å². The van der Waals surface area contributed by atoms with Gasteiger partial charge in [-0.3, -0.25) is 4.79 Å². The summed E-state index contributed by atoms with van der Waals surface area (Å²) < 4.78 is 26.7. The van der Waals surface area contributed by atoms with Gasteiger partial charge in [0.05, 0.1) is 5.75 Å². The molecule has 7 heteroatoms. The Balaban J connectivity index is 2.81. The van der Waals surface area contributed by atoms with Gasteiger partial charge in [0.25, 0.3) is 0 Å². The van der Waals surface area contributed by atoms with E-state index in [9.17, 15) is 18.4 Å². The number of nitrogens with one attached hydrogen (secondary N) is 1. The van der Waals surface area contributed by atoms with Crippen molar-refractivity contribution in [1.82, 2.24) is 0 Å². The molecule has 0 aromatic heterocycles. The number of hydrogen-bond acceptors (Lipinski definition) is 3. The van der Waals surface area contributed by atoms with E-state index in [1.165, 1.54) is 11.8 Å². The highest BCUT2D eigenvalue weighted by molar-refractivity contribution is 8.00. The molecule has 0 fully saturated rings. The van der Waals surface area contributed by atoms with Crippen LogP contribution in [0.5, 0.6) is 0 Å². The van der Waals surface area contributed by atoms with Gasteiger partial charge >= 0.3 is 5.97 Å². The van der Waals surface area contributed by atoms with Crippen LogP contribution in [0.2, 0.25) is 0 Å². The standard InChI is InChI=1S/C12H13F2NO3S/c1-6(2)19-5-10(16)15-7-3-8(13)11(12(17)18)9(14)4-7/h3-4,6H,5H2,1-2H3,(H,15,16)(H,17,18). The third-order valence-corrected chi connectivity index (χ3v) is 3.18. The SMILES string of the molecule is CC(C)SCC(=O)Nc1cc(F)c(C(=O)O)c(F)c1. The first kappa shape index (κ1) is 15.4. The van der Waals surface area contributed by atoms with Gasteiger partial charge in [0.15, 0.2) is 0 Å². The topological polar surface area (TPSA) is 66.4 Å². The van der Waals surface area contributed by atoms with E-state index >= 15 is 0 Å². The van der Waals surface area contributed by atoms with Crippen LogP contribution in [0.3, 0.4) is 0 Å². The van der Waals surface area contributed by atoms with Crippen LogP contribution in [0.4, 0.5) is 14.5 Å². The van der Waals surface area contributed by atoms with Crippen molar-refractivity contribution in [2.45, 2.75) is 19.1 Å². The summed E-state index contributed by atoms with van der Waals surface area (Å²) in [6, 6.07) is 1.56. The molecule has 0 heterocycles. The van der Waals surface area contributed by atoms with Crippen molar-refractivity contribution in [2.24, 2.45) is 0 Å². The number of halogens is 2. The number of benzene rings is 1. The molecule has 2 N–H and O–H groups in total. The molecule has 0 bridgehead atoms. The summed E-state index contributed by atoms with van der Waals surface area (Å²) in [5.74, 6) is -4.39. The lowest BCUT2D eigenvalue weighted by Gasteiger charge is -2.08. The Morgan fingerprint density at radius 1 is 1.32 bits per heavy atom. The molecule has 0 aliphatic carbocycles. The van der Waals surface area contributed by atoms with Gasteiger partial charge in [-0.2, -0.15) is 0 Å². The summed E-state index contributed by atoms with van der Waals surface area (Å²) in [4.78, 5) is 22.0. The van der Waals surface area contributed by atoms with E-state index in [1.54, 1.807) is 0 Å². The lowest BCUT2D eigenvalue weighted by molar-refractivity contribution is -0.113. The van der Waals surface area contributed by atoms with E-state index < -0.39 is 29.1 Å². The first-order chi connectivity index (χ1) is 8.81. The molecule has 1 amide bonds. The average molecular weight is 289 g/mol. The van der Waals surface area contributed by atoms with Crippen molar-refractivity contribution in [3.8, 4) is 0 Å². The minimum atomic E-state index is -1.69. The Morgan fingerprint density at radius 3 is 2.26 bits per heavy atom. The zero-order valence-electron chi connectivity index (χ0n) is 10.4. The van der Waals surface area contributed by atoms with E-state index in [4.69, 9.17) is 5.11 Å². The molecule has 0 saturated heterocycles. The third kappa shape index (κ3) is 4.51. The fourth-order valence-electron chi connectivity index (χ4n) is 1.29. The van der Waals surface area contributed by atoms with Crippen molar-refractivity contribution in [1.29, 1.82) is 0 Å². The van der Waals surface area contributed by atoms with Crippen LogP contribution in [-0.2, 0) is 4.79 Å². The van der Waals surface area contributed by atoms with Crippen molar-refractivity contribution >= 4 is 29.3 Å². The Labute approximate surface area is 113 Å². The highest BCUT2D eigenvalue weighted by Gasteiger charge is 2.18. The Morgan fingerprint density at radius 2 is 1.84 bits per heavy atom. The molecule has 0 unspecified atom stereocenters. The molecule has 19 heavy (non-hydrogen) atoms. The minimum absolute atomic E-state index is 0.102. The average Bonchev–Trinajstić information content (AvgIpc) is 2.24. The summed E-state index contributed by atoms with van der Waals surface area (Å²) in [5, 5.41) is 11.2. The Bertz CT molecular complexity index is 483. The minimum Gasteiger partial charge on any atom is -0.477 e. The molecule has 0 atom stereocenters. The maximum Gasteiger partial charge on any atom is 0.341 e. The molecule has 104 valence electrons. The summed E-state index contributed by atoms with van der Waals surface area (Å²) >= 11 is 1.38. The van der Waals surface area contributed by atoms with Crippen molar-refractivity contribution < 1.29 is 23.5 Å². The number of amides is 1. The molecule has 0 saturated carbocycles. The highest BCUT2D eigenvalue weighted by atomic mass is 32.2. The fourth-order valence-corrected chi connectivity index (χ4v) is 1.85. The number of thioether (sulfide) groups is 1. The molecule has 0 aliphatic heterocycles. The first-order valence-corrected chi connectivity index (χ1v) is 6.50. The normalized spacial score (nSPS) is 10.6. The van der Waals surface area contributed by atoms with Crippen LogP contribution >= 0.6 is 11.8 Å². The molecular formula is C12H13F2NO3S. The van der Waals surface area contributed by atoms with Gasteiger partial charge in [0.2, 0.25) is 5.91 Å². The number of carboxylic acids is 1. The van der Waals surface area contributed by atoms with E-state index in [0.29, 0.717) is 0 Å². The Kier molecular flexibility index (Phi) is 5.29. The second-order valence-electron chi connectivity index (χ2n) is 4.03. The van der Waals surface area contributed by atoms with E-state index in [-0.39, 0.29) is 16.7 Å². The van der Waals surface area contributed by atoms with Crippen molar-refractivity contribution in [3.63, 3.8) is 0 Å². The molecule has 1 aromatic carbocycles. The largest absolute Gasteiger partial charge is 0.477 e. The van der Waals surface area contributed by atoms with Crippen LogP contribution in [-0.4, -0.2) is 28.0 Å². The van der Waals surface area contributed by atoms with Gasteiger partial charge in [0, 0.05) is 5.69 Å². The van der Waals surface area contributed by atoms with Gasteiger partial charge in [-0.1, -0.05) is 13.8 Å². The zero-order valence-corrected chi connectivity index (χ0v) is 11.2. The fraction of sp³-hybridized carbons (Fsp3) is 0.333. The molecule has 0 spiro atoms. The van der Waals surface area contributed by atoms with E-state index in [2.05, 4.69) is 5.32 Å². The molecule has 0 aliphatic rings.